The number of ether oxygens (including phenoxy) is 1. The SMILES string of the molecule is CC(C)CN(CC(=O)N1CCc2sccc2[C@H]1COc1ccc(C(C)C)cc1)C(=O)NC(C)C. The van der Waals surface area contributed by atoms with E-state index in [0.717, 1.165) is 17.7 Å². The van der Waals surface area contributed by atoms with Crippen LogP contribution in [0.15, 0.2) is 35.7 Å². The average Bonchev–Trinajstić information content (AvgIpc) is 3.25. The zero-order valence-electron chi connectivity index (χ0n) is 21.3. The van der Waals surface area contributed by atoms with Crippen molar-refractivity contribution in [2.75, 3.05) is 26.2 Å². The first-order valence-electron chi connectivity index (χ1n) is 12.3. The molecule has 2 heterocycles. The van der Waals surface area contributed by atoms with E-state index in [4.69, 9.17) is 4.74 Å². The third-order valence-corrected chi connectivity index (χ3v) is 6.98. The van der Waals surface area contributed by atoms with E-state index in [1.807, 2.05) is 30.9 Å². The fourth-order valence-electron chi connectivity index (χ4n) is 4.25. The van der Waals surface area contributed by atoms with Crippen LogP contribution in [0.5, 0.6) is 5.75 Å². The van der Waals surface area contributed by atoms with Gasteiger partial charge < -0.3 is 19.9 Å². The van der Waals surface area contributed by atoms with Crippen molar-refractivity contribution in [2.45, 2.75) is 66.0 Å². The van der Waals surface area contributed by atoms with Gasteiger partial charge in [-0.05, 0) is 66.8 Å². The summed E-state index contributed by atoms with van der Waals surface area (Å²) in [6.07, 6.45) is 0.834. The molecule has 2 aromatic rings. The number of hydrogen-bond donors (Lipinski definition) is 1. The summed E-state index contributed by atoms with van der Waals surface area (Å²) in [4.78, 5) is 31.1. The van der Waals surface area contributed by atoms with Gasteiger partial charge in [0.15, 0.2) is 0 Å². The molecule has 1 aromatic heterocycles. The van der Waals surface area contributed by atoms with Gasteiger partial charge in [-0.25, -0.2) is 4.79 Å². The summed E-state index contributed by atoms with van der Waals surface area (Å²) in [5.74, 6) is 1.50. The second-order valence-corrected chi connectivity index (χ2v) is 11.1. The minimum absolute atomic E-state index is 0.0175. The number of benzene rings is 1. The molecule has 0 fully saturated rings. The van der Waals surface area contributed by atoms with Crippen LogP contribution in [0.25, 0.3) is 0 Å². The maximum atomic E-state index is 13.5. The molecule has 1 aliphatic rings. The molecule has 0 saturated heterocycles. The molecule has 0 spiro atoms. The van der Waals surface area contributed by atoms with Gasteiger partial charge in [-0.2, -0.15) is 0 Å². The molecule has 3 rings (SSSR count). The molecule has 0 unspecified atom stereocenters. The van der Waals surface area contributed by atoms with Gasteiger partial charge in [0, 0.05) is 24.0 Å². The van der Waals surface area contributed by atoms with E-state index < -0.39 is 0 Å². The van der Waals surface area contributed by atoms with Crippen LogP contribution < -0.4 is 10.1 Å². The van der Waals surface area contributed by atoms with Crippen molar-refractivity contribution < 1.29 is 14.3 Å². The summed E-state index contributed by atoms with van der Waals surface area (Å²) < 4.78 is 6.17. The molecule has 1 atom stereocenters. The van der Waals surface area contributed by atoms with Crippen molar-refractivity contribution in [3.63, 3.8) is 0 Å². The minimum Gasteiger partial charge on any atom is -0.491 e. The molecule has 0 saturated carbocycles. The van der Waals surface area contributed by atoms with Crippen molar-refractivity contribution >= 4 is 23.3 Å². The normalized spacial score (nSPS) is 15.6. The van der Waals surface area contributed by atoms with Crippen molar-refractivity contribution in [3.05, 3.63) is 51.7 Å². The summed E-state index contributed by atoms with van der Waals surface area (Å²) in [5.41, 5.74) is 2.43. The Morgan fingerprint density at radius 1 is 1.12 bits per heavy atom. The number of amides is 3. The van der Waals surface area contributed by atoms with Gasteiger partial charge in [0.05, 0.1) is 6.04 Å². The van der Waals surface area contributed by atoms with Gasteiger partial charge in [-0.1, -0.05) is 39.8 Å². The molecule has 1 N–H and O–H groups in total. The Kier molecular flexibility index (Phi) is 9.00. The molecule has 3 amide bonds. The molecular formula is C27H39N3O3S. The topological polar surface area (TPSA) is 61.9 Å². The van der Waals surface area contributed by atoms with Crippen LogP contribution in [-0.2, 0) is 11.2 Å². The van der Waals surface area contributed by atoms with E-state index in [0.29, 0.717) is 25.6 Å². The molecule has 186 valence electrons. The van der Waals surface area contributed by atoms with E-state index in [9.17, 15) is 9.59 Å². The number of carbonyl (C=O) groups is 2. The predicted molar refractivity (Wildman–Crippen MR) is 139 cm³/mol. The van der Waals surface area contributed by atoms with Crippen molar-refractivity contribution in [2.24, 2.45) is 5.92 Å². The molecule has 0 bridgehead atoms. The van der Waals surface area contributed by atoms with Crippen LogP contribution in [-0.4, -0.2) is 54.0 Å². The third kappa shape index (κ3) is 6.75. The largest absolute Gasteiger partial charge is 0.491 e. The minimum atomic E-state index is -0.191. The number of urea groups is 1. The van der Waals surface area contributed by atoms with E-state index >= 15 is 0 Å². The maximum absolute atomic E-state index is 13.5. The van der Waals surface area contributed by atoms with Gasteiger partial charge in [-0.15, -0.1) is 11.3 Å². The van der Waals surface area contributed by atoms with Gasteiger partial charge in [0.25, 0.3) is 0 Å². The second kappa shape index (κ2) is 11.7. The van der Waals surface area contributed by atoms with Crippen molar-refractivity contribution in [3.8, 4) is 5.75 Å². The Balaban J connectivity index is 1.75. The molecule has 1 aromatic carbocycles. The van der Waals surface area contributed by atoms with Gasteiger partial charge in [0.2, 0.25) is 5.91 Å². The highest BCUT2D eigenvalue weighted by molar-refractivity contribution is 7.10. The lowest BCUT2D eigenvalue weighted by Crippen LogP contribution is -2.51. The average molecular weight is 486 g/mol. The summed E-state index contributed by atoms with van der Waals surface area (Å²) in [6, 6.07) is 9.95. The van der Waals surface area contributed by atoms with Crippen LogP contribution >= 0.6 is 11.3 Å². The van der Waals surface area contributed by atoms with Crippen molar-refractivity contribution in [1.29, 1.82) is 0 Å². The molecule has 34 heavy (non-hydrogen) atoms. The van der Waals surface area contributed by atoms with E-state index in [2.05, 4.69) is 56.6 Å². The summed E-state index contributed by atoms with van der Waals surface area (Å²) in [6.45, 7) is 13.9. The van der Waals surface area contributed by atoms with E-state index in [1.54, 1.807) is 16.2 Å². The summed E-state index contributed by atoms with van der Waals surface area (Å²) in [5, 5.41) is 5.02. The molecule has 0 aliphatic carbocycles. The van der Waals surface area contributed by atoms with Crippen molar-refractivity contribution in [1.82, 2.24) is 15.1 Å². The highest BCUT2D eigenvalue weighted by Gasteiger charge is 2.33. The first kappa shape index (κ1) is 26.1. The Morgan fingerprint density at radius 3 is 2.44 bits per heavy atom. The van der Waals surface area contributed by atoms with Crippen LogP contribution in [0.2, 0.25) is 0 Å². The molecular weight excluding hydrogens is 446 g/mol. The third-order valence-electron chi connectivity index (χ3n) is 5.98. The summed E-state index contributed by atoms with van der Waals surface area (Å²) in [7, 11) is 0. The molecule has 1 aliphatic heterocycles. The molecule has 6 nitrogen and oxygen atoms in total. The van der Waals surface area contributed by atoms with Gasteiger partial charge in [0.1, 0.15) is 18.9 Å². The number of thiophene rings is 1. The monoisotopic (exact) mass is 485 g/mol. The Bertz CT molecular complexity index is 952. The van der Waals surface area contributed by atoms with E-state index in [-0.39, 0.29) is 36.5 Å². The second-order valence-electron chi connectivity index (χ2n) is 10.1. The zero-order chi connectivity index (χ0) is 24.8. The Morgan fingerprint density at radius 2 is 1.82 bits per heavy atom. The van der Waals surface area contributed by atoms with Crippen LogP contribution in [0.4, 0.5) is 4.79 Å². The van der Waals surface area contributed by atoms with Crippen LogP contribution in [0.1, 0.15) is 69.5 Å². The predicted octanol–water partition coefficient (Wildman–Crippen LogP) is 5.45. The fraction of sp³-hybridized carbons (Fsp3) is 0.556. The Labute approximate surface area is 208 Å². The van der Waals surface area contributed by atoms with Crippen LogP contribution in [0, 0.1) is 5.92 Å². The standard InChI is InChI=1S/C27H39N3O3S/c1-18(2)15-29(27(32)28-20(5)6)16-26(31)30-13-11-25-23(12-14-34-25)24(30)17-33-22-9-7-21(8-10-22)19(3)4/h7-10,12,14,18-20,24H,11,13,15-17H2,1-6H3,(H,28,32)/t24-/m1/s1. The lowest BCUT2D eigenvalue weighted by atomic mass is 10.00. The maximum Gasteiger partial charge on any atom is 0.318 e. The van der Waals surface area contributed by atoms with Crippen LogP contribution in [0.3, 0.4) is 0 Å². The number of hydrogen-bond acceptors (Lipinski definition) is 4. The molecule has 7 heteroatoms. The number of carbonyl (C=O) groups excluding carboxylic acids is 2. The summed E-state index contributed by atoms with van der Waals surface area (Å²) >= 11 is 1.74. The number of nitrogens with zero attached hydrogens (tertiary/aromatic N) is 2. The lowest BCUT2D eigenvalue weighted by molar-refractivity contribution is -0.135. The smallest absolute Gasteiger partial charge is 0.318 e. The number of rotatable bonds is 9. The van der Waals surface area contributed by atoms with Gasteiger partial charge in [-0.3, -0.25) is 4.79 Å². The lowest BCUT2D eigenvalue weighted by Gasteiger charge is -2.37. The highest BCUT2D eigenvalue weighted by Crippen LogP contribution is 2.34. The van der Waals surface area contributed by atoms with E-state index in [1.165, 1.54) is 10.4 Å². The quantitative estimate of drug-likeness (QED) is 0.514. The zero-order valence-corrected chi connectivity index (χ0v) is 22.2. The first-order valence-corrected chi connectivity index (χ1v) is 13.2. The Hall–Kier alpha value is -2.54. The number of nitrogens with one attached hydrogen (secondary N) is 1. The van der Waals surface area contributed by atoms with Gasteiger partial charge >= 0.3 is 6.03 Å². The highest BCUT2D eigenvalue weighted by atomic mass is 32.1. The molecule has 0 radical (unpaired) electrons. The fourth-order valence-corrected chi connectivity index (χ4v) is 5.18. The number of fused-ring (bicyclic) bond motifs is 1. The first-order chi connectivity index (χ1) is 16.2.